The van der Waals surface area contributed by atoms with Crippen LogP contribution in [-0.2, 0) is 32.0 Å². The molecule has 15 heteroatoms. The average Bonchev–Trinajstić information content (AvgIpc) is 3.09. The Balaban J connectivity index is 1.84. The fraction of sp³-hybridized carbons (Fsp3) is 0.543. The van der Waals surface area contributed by atoms with Crippen LogP contribution in [0.5, 0.6) is 11.5 Å². The van der Waals surface area contributed by atoms with Gasteiger partial charge in [-0.25, -0.2) is 0 Å². The van der Waals surface area contributed by atoms with E-state index in [1.165, 1.54) is 12.1 Å². The largest absolute Gasteiger partial charge is 0.508 e. The molecule has 1 aliphatic rings. The van der Waals surface area contributed by atoms with Crippen LogP contribution in [0.25, 0.3) is 11.1 Å². The van der Waals surface area contributed by atoms with E-state index in [-0.39, 0.29) is 62.2 Å². The third kappa shape index (κ3) is 12.6. The maximum absolute atomic E-state index is 13.7. The van der Waals surface area contributed by atoms with Crippen LogP contribution in [0, 0.1) is 0 Å². The second kappa shape index (κ2) is 20.4. The minimum absolute atomic E-state index is 0.00817. The van der Waals surface area contributed by atoms with Gasteiger partial charge in [0.2, 0.25) is 23.6 Å². The Morgan fingerprint density at radius 3 is 2.16 bits per heavy atom. The number of unbranched alkanes of at least 4 members (excludes halogenated alkanes) is 1. The minimum atomic E-state index is -1.21. The number of phenols is 2. The summed E-state index contributed by atoms with van der Waals surface area (Å²) in [6.45, 7) is 0.771. The molecule has 0 aliphatic carbocycles. The lowest BCUT2D eigenvalue weighted by Crippen LogP contribution is -2.57. The van der Waals surface area contributed by atoms with Crippen molar-refractivity contribution in [3.63, 3.8) is 0 Å². The highest BCUT2D eigenvalue weighted by Crippen LogP contribution is 2.31. The Morgan fingerprint density at radius 1 is 0.900 bits per heavy atom. The van der Waals surface area contributed by atoms with E-state index < -0.39 is 42.0 Å². The zero-order chi connectivity index (χ0) is 36.6. The Labute approximate surface area is 293 Å². The van der Waals surface area contributed by atoms with E-state index in [0.29, 0.717) is 48.2 Å². The predicted octanol–water partition coefficient (Wildman–Crippen LogP) is -1.14. The number of aliphatic hydroxyl groups excluding tert-OH is 1. The molecule has 5 atom stereocenters. The number of phenolic OH excluding ortho intramolecular Hbond substituents is 2. The van der Waals surface area contributed by atoms with Crippen LogP contribution < -0.4 is 43.4 Å². The average molecular weight is 699 g/mol. The first kappa shape index (κ1) is 40.2. The number of carbonyl (C=O) groups is 4. The number of carbonyl (C=O) groups excluding carboxylic acids is 4. The summed E-state index contributed by atoms with van der Waals surface area (Å²) in [5.41, 5.74) is 13.8. The van der Waals surface area contributed by atoms with Crippen LogP contribution in [0.2, 0.25) is 0 Å². The smallest absolute Gasteiger partial charge is 0.243 e. The van der Waals surface area contributed by atoms with Crippen molar-refractivity contribution in [2.45, 2.75) is 81.6 Å². The van der Waals surface area contributed by atoms with Gasteiger partial charge in [0.15, 0.2) is 0 Å². The summed E-state index contributed by atoms with van der Waals surface area (Å²) in [7, 11) is 3.38. The number of hydrogen-bond acceptors (Lipinski definition) is 11. The molecule has 2 aromatic carbocycles. The monoisotopic (exact) mass is 698 g/mol. The summed E-state index contributed by atoms with van der Waals surface area (Å²) in [5, 5.41) is 48.8. The second-order valence-corrected chi connectivity index (χ2v) is 12.8. The number of amides is 4. The molecule has 2 aromatic rings. The van der Waals surface area contributed by atoms with Gasteiger partial charge in [-0.05, 0) is 99.4 Å². The summed E-state index contributed by atoms with van der Waals surface area (Å²) in [6, 6.07) is 6.56. The normalized spacial score (nSPS) is 19.3. The number of hydrogen-bond donors (Lipinski definition) is 11. The van der Waals surface area contributed by atoms with Gasteiger partial charge >= 0.3 is 0 Å². The van der Waals surface area contributed by atoms with E-state index in [1.54, 1.807) is 38.4 Å². The van der Waals surface area contributed by atoms with Crippen molar-refractivity contribution in [2.24, 2.45) is 11.5 Å². The molecule has 1 aliphatic heterocycles. The zero-order valence-corrected chi connectivity index (χ0v) is 29.0. The number of benzene rings is 2. The van der Waals surface area contributed by atoms with Crippen molar-refractivity contribution in [1.82, 2.24) is 31.9 Å². The molecule has 0 spiro atoms. The molecule has 50 heavy (non-hydrogen) atoms. The van der Waals surface area contributed by atoms with E-state index in [0.717, 1.165) is 12.8 Å². The molecular formula is C35H54N8O7. The molecule has 276 valence electrons. The number of nitrogens with two attached hydrogens (primary N) is 2. The molecule has 15 nitrogen and oxygen atoms in total. The Bertz CT molecular complexity index is 1440. The first-order valence-electron chi connectivity index (χ1n) is 17.2. The number of fused-ring (bicyclic) bond motifs is 5. The van der Waals surface area contributed by atoms with Crippen molar-refractivity contribution >= 4 is 23.6 Å². The van der Waals surface area contributed by atoms with E-state index in [1.807, 2.05) is 0 Å². The highest BCUT2D eigenvalue weighted by Gasteiger charge is 2.30. The molecule has 1 heterocycles. The Morgan fingerprint density at radius 2 is 1.54 bits per heavy atom. The molecule has 4 bridgehead atoms. The Kier molecular flexibility index (Phi) is 16.4. The highest BCUT2D eigenvalue weighted by atomic mass is 16.3. The standard InChI is InChI=1S/C35H54N8O7/c1-38-13-5-7-27-34(49)43-29(33(48)41-20-26(44)19-40-32(47)18-25(37)6-3-4-12-36)17-24-15-22(9-11-31(24)46)21-8-10-30(45)23(14-21)16-28(39-2)35(50)42-27/h8-11,14-15,25-29,38-39,44-46H,3-7,12-13,16-20,36-37H2,1-2H3,(H,40,47)(H,41,48)(H,42,50)(H,43,49)/t25-,26?,27-,28-,29-/m0/s1. The lowest BCUT2D eigenvalue weighted by atomic mass is 9.95. The Hall–Kier alpha value is -4.28. The van der Waals surface area contributed by atoms with Gasteiger partial charge in [0.05, 0.1) is 12.1 Å². The molecular weight excluding hydrogens is 644 g/mol. The molecule has 0 aromatic heterocycles. The van der Waals surface area contributed by atoms with Crippen LogP contribution in [0.4, 0.5) is 0 Å². The van der Waals surface area contributed by atoms with Crippen molar-refractivity contribution in [1.29, 1.82) is 0 Å². The number of likely N-dealkylation sites (N-methyl/N-ethyl adjacent to an activating group) is 1. The summed E-state index contributed by atoms with van der Waals surface area (Å²) in [4.78, 5) is 53.1. The third-order valence-corrected chi connectivity index (χ3v) is 8.71. The van der Waals surface area contributed by atoms with E-state index in [9.17, 15) is 34.5 Å². The third-order valence-electron chi connectivity index (χ3n) is 8.71. The summed E-state index contributed by atoms with van der Waals surface area (Å²) >= 11 is 0. The van der Waals surface area contributed by atoms with Crippen LogP contribution >= 0.6 is 0 Å². The fourth-order valence-electron chi connectivity index (χ4n) is 5.74. The zero-order valence-electron chi connectivity index (χ0n) is 29.0. The maximum Gasteiger partial charge on any atom is 0.243 e. The van der Waals surface area contributed by atoms with Gasteiger partial charge in [-0.3, -0.25) is 19.2 Å². The lowest BCUT2D eigenvalue weighted by molar-refractivity contribution is -0.132. The van der Waals surface area contributed by atoms with Gasteiger partial charge in [0.25, 0.3) is 0 Å². The summed E-state index contributed by atoms with van der Waals surface area (Å²) in [6.07, 6.45) is 2.06. The molecule has 1 unspecified atom stereocenters. The molecule has 0 saturated heterocycles. The van der Waals surface area contributed by atoms with Crippen LogP contribution in [0.3, 0.4) is 0 Å². The minimum Gasteiger partial charge on any atom is -0.508 e. The number of aliphatic hydroxyl groups is 1. The van der Waals surface area contributed by atoms with Gasteiger partial charge in [0.1, 0.15) is 23.6 Å². The molecule has 4 amide bonds. The molecule has 0 saturated carbocycles. The predicted molar refractivity (Wildman–Crippen MR) is 190 cm³/mol. The number of rotatable bonds is 16. The lowest BCUT2D eigenvalue weighted by Gasteiger charge is -2.25. The van der Waals surface area contributed by atoms with E-state index in [2.05, 4.69) is 31.9 Å². The first-order valence-corrected chi connectivity index (χ1v) is 17.2. The van der Waals surface area contributed by atoms with Crippen molar-refractivity contribution in [3.8, 4) is 22.6 Å². The molecule has 13 N–H and O–H groups in total. The van der Waals surface area contributed by atoms with Crippen molar-refractivity contribution in [3.05, 3.63) is 47.5 Å². The second-order valence-electron chi connectivity index (χ2n) is 12.8. The van der Waals surface area contributed by atoms with Crippen LogP contribution in [0.15, 0.2) is 36.4 Å². The van der Waals surface area contributed by atoms with Gasteiger partial charge in [-0.2, -0.15) is 0 Å². The SMILES string of the molecule is CNCCC[C@@H]1NC(=O)[C@@H](NC)Cc2cc(ccc2O)-c2ccc(O)c(c2)C[C@@H](C(=O)NCC(O)CNC(=O)C[C@@H](N)CCCCN)NC1=O. The maximum atomic E-state index is 13.7. The van der Waals surface area contributed by atoms with Crippen LogP contribution in [0.1, 0.15) is 49.7 Å². The van der Waals surface area contributed by atoms with Gasteiger partial charge in [0, 0.05) is 38.4 Å². The van der Waals surface area contributed by atoms with Crippen molar-refractivity contribution < 1.29 is 34.5 Å². The van der Waals surface area contributed by atoms with Gasteiger partial charge < -0.3 is 58.7 Å². The van der Waals surface area contributed by atoms with Crippen molar-refractivity contribution in [2.75, 3.05) is 40.3 Å². The molecule has 0 fully saturated rings. The molecule has 0 radical (unpaired) electrons. The molecule has 3 rings (SSSR count). The number of aromatic hydroxyl groups is 2. The van der Waals surface area contributed by atoms with Crippen LogP contribution in [-0.4, -0.2) is 109 Å². The summed E-state index contributed by atoms with van der Waals surface area (Å²) < 4.78 is 0. The first-order chi connectivity index (χ1) is 23.9. The van der Waals surface area contributed by atoms with Gasteiger partial charge in [-0.15, -0.1) is 0 Å². The topological polar surface area (TPSA) is 253 Å². The fourth-order valence-corrected chi connectivity index (χ4v) is 5.74. The quantitative estimate of drug-likeness (QED) is 0.0935. The number of nitrogens with one attached hydrogen (secondary N) is 6. The van der Waals surface area contributed by atoms with E-state index >= 15 is 0 Å². The van der Waals surface area contributed by atoms with E-state index in [4.69, 9.17) is 11.5 Å². The highest BCUT2D eigenvalue weighted by molar-refractivity contribution is 5.93. The van der Waals surface area contributed by atoms with Gasteiger partial charge in [-0.1, -0.05) is 18.6 Å². The summed E-state index contributed by atoms with van der Waals surface area (Å²) in [5.74, 6) is -2.12.